The minimum absolute atomic E-state index is 0. The number of halogens is 1. The molecule has 0 bridgehead atoms. The van der Waals surface area contributed by atoms with E-state index < -0.39 is 0 Å². The third kappa shape index (κ3) is 3.90. The number of aromatic hydroxyl groups is 1. The molecule has 1 aliphatic heterocycles. The van der Waals surface area contributed by atoms with Gasteiger partial charge in [0.15, 0.2) is 0 Å². The zero-order valence-corrected chi connectivity index (χ0v) is 11.2. The van der Waals surface area contributed by atoms with Crippen molar-refractivity contribution in [3.8, 4) is 5.75 Å². The lowest BCUT2D eigenvalue weighted by atomic mass is 9.90. The van der Waals surface area contributed by atoms with Gasteiger partial charge in [0.25, 0.3) is 0 Å². The van der Waals surface area contributed by atoms with Gasteiger partial charge in [0.1, 0.15) is 5.75 Å². The number of hydrogen-bond donors (Lipinski definition) is 1. The Bertz CT molecular complexity index is 341. The van der Waals surface area contributed by atoms with Crippen LogP contribution in [0.3, 0.4) is 0 Å². The molecule has 0 aliphatic carbocycles. The van der Waals surface area contributed by atoms with Gasteiger partial charge in [-0.25, -0.2) is 0 Å². The normalized spacial score (nSPS) is 20.9. The van der Waals surface area contributed by atoms with Crippen molar-refractivity contribution in [1.29, 1.82) is 0 Å². The lowest BCUT2D eigenvalue weighted by Crippen LogP contribution is -2.34. The number of rotatable bonds is 3. The first-order valence-corrected chi connectivity index (χ1v) is 6.31. The van der Waals surface area contributed by atoms with Crippen LogP contribution in [0.25, 0.3) is 0 Å². The molecule has 3 heteroatoms. The number of benzene rings is 1. The molecular weight excluding hydrogens is 234 g/mol. The fourth-order valence-corrected chi connectivity index (χ4v) is 2.63. The summed E-state index contributed by atoms with van der Waals surface area (Å²) in [5, 5.41) is 9.50. The van der Waals surface area contributed by atoms with Gasteiger partial charge in [-0.05, 0) is 56.0 Å². The van der Waals surface area contributed by atoms with Crippen LogP contribution in [-0.4, -0.2) is 29.6 Å². The summed E-state index contributed by atoms with van der Waals surface area (Å²) in [5.41, 5.74) is 1.29. The molecule has 1 aromatic carbocycles. The fourth-order valence-electron chi connectivity index (χ4n) is 2.63. The van der Waals surface area contributed by atoms with E-state index in [4.69, 9.17) is 0 Å². The van der Waals surface area contributed by atoms with Crippen LogP contribution in [0.15, 0.2) is 24.3 Å². The molecule has 17 heavy (non-hydrogen) atoms. The Hall–Kier alpha value is -0.730. The highest BCUT2D eigenvalue weighted by atomic mass is 35.5. The smallest absolute Gasteiger partial charge is 0.115 e. The van der Waals surface area contributed by atoms with E-state index in [2.05, 4.69) is 17.9 Å². The van der Waals surface area contributed by atoms with E-state index in [1.807, 2.05) is 12.1 Å². The molecule has 1 N–H and O–H groups in total. The zero-order valence-electron chi connectivity index (χ0n) is 10.4. The molecule has 2 nitrogen and oxygen atoms in total. The predicted molar refractivity (Wildman–Crippen MR) is 74.1 cm³/mol. The molecule has 0 aromatic heterocycles. The molecule has 1 heterocycles. The Morgan fingerprint density at radius 2 is 2.24 bits per heavy atom. The summed E-state index contributed by atoms with van der Waals surface area (Å²) in [4.78, 5) is 2.54. The molecule has 1 aromatic rings. The Morgan fingerprint density at radius 3 is 2.94 bits per heavy atom. The van der Waals surface area contributed by atoms with Crippen LogP contribution in [-0.2, 0) is 0 Å². The molecule has 2 rings (SSSR count). The van der Waals surface area contributed by atoms with Crippen molar-refractivity contribution in [1.82, 2.24) is 4.90 Å². The van der Waals surface area contributed by atoms with Gasteiger partial charge in [-0.2, -0.15) is 0 Å². The van der Waals surface area contributed by atoms with E-state index in [9.17, 15) is 5.11 Å². The van der Waals surface area contributed by atoms with Crippen LogP contribution >= 0.6 is 12.4 Å². The van der Waals surface area contributed by atoms with Gasteiger partial charge in [0.2, 0.25) is 0 Å². The number of piperidine rings is 1. The molecule has 0 radical (unpaired) electrons. The van der Waals surface area contributed by atoms with E-state index >= 15 is 0 Å². The molecular formula is C14H22ClNO. The van der Waals surface area contributed by atoms with Crippen LogP contribution in [0.5, 0.6) is 5.75 Å². The van der Waals surface area contributed by atoms with E-state index in [0.29, 0.717) is 11.7 Å². The van der Waals surface area contributed by atoms with E-state index in [1.54, 1.807) is 6.07 Å². The average molecular weight is 256 g/mol. The summed E-state index contributed by atoms with van der Waals surface area (Å²) >= 11 is 0. The maximum atomic E-state index is 9.50. The Morgan fingerprint density at radius 1 is 1.41 bits per heavy atom. The van der Waals surface area contributed by atoms with Gasteiger partial charge in [0, 0.05) is 6.54 Å². The van der Waals surface area contributed by atoms with Crippen LogP contribution in [0.4, 0.5) is 0 Å². The van der Waals surface area contributed by atoms with Gasteiger partial charge in [-0.3, -0.25) is 0 Å². The SMILES string of the molecule is CCCN1CCC[C@@H](c2cccc(O)c2)C1.Cl. The maximum absolute atomic E-state index is 9.50. The van der Waals surface area contributed by atoms with Crippen molar-refractivity contribution in [3.63, 3.8) is 0 Å². The quantitative estimate of drug-likeness (QED) is 0.895. The lowest BCUT2D eigenvalue weighted by molar-refractivity contribution is 0.208. The van der Waals surface area contributed by atoms with E-state index in [0.717, 1.165) is 6.54 Å². The minimum atomic E-state index is 0. The molecule has 0 unspecified atom stereocenters. The second-order valence-corrected chi connectivity index (χ2v) is 4.73. The summed E-state index contributed by atoms with van der Waals surface area (Å²) in [7, 11) is 0. The zero-order chi connectivity index (χ0) is 11.4. The lowest BCUT2D eigenvalue weighted by Gasteiger charge is -2.32. The topological polar surface area (TPSA) is 23.5 Å². The van der Waals surface area contributed by atoms with Crippen molar-refractivity contribution in [2.75, 3.05) is 19.6 Å². The molecule has 1 saturated heterocycles. The first-order valence-electron chi connectivity index (χ1n) is 6.31. The largest absolute Gasteiger partial charge is 0.508 e. The van der Waals surface area contributed by atoms with Crippen molar-refractivity contribution in [2.45, 2.75) is 32.1 Å². The first kappa shape index (κ1) is 14.3. The second-order valence-electron chi connectivity index (χ2n) is 4.73. The number of likely N-dealkylation sites (tertiary alicyclic amines) is 1. The number of phenols is 1. The minimum Gasteiger partial charge on any atom is -0.508 e. The molecule has 1 atom stereocenters. The van der Waals surface area contributed by atoms with Crippen molar-refractivity contribution in [3.05, 3.63) is 29.8 Å². The van der Waals surface area contributed by atoms with Crippen LogP contribution in [0.2, 0.25) is 0 Å². The predicted octanol–water partition coefficient (Wildman–Crippen LogP) is 3.40. The Kier molecular flexibility index (Phi) is 5.79. The molecule has 1 aliphatic rings. The number of phenolic OH excluding ortho intramolecular Hbond substituents is 1. The standard InChI is InChI=1S/C14H21NO.ClH/c1-2-8-15-9-4-6-13(11-15)12-5-3-7-14(16)10-12;/h3,5,7,10,13,16H,2,4,6,8-9,11H2,1H3;1H/t13-;/m1./s1. The van der Waals surface area contributed by atoms with Crippen molar-refractivity contribution < 1.29 is 5.11 Å². The summed E-state index contributed by atoms with van der Waals surface area (Å²) in [6.45, 7) is 5.83. The van der Waals surface area contributed by atoms with Crippen molar-refractivity contribution in [2.24, 2.45) is 0 Å². The fraction of sp³-hybridized carbons (Fsp3) is 0.571. The van der Waals surface area contributed by atoms with Crippen molar-refractivity contribution >= 4 is 12.4 Å². The Labute approximate surface area is 110 Å². The van der Waals surface area contributed by atoms with Gasteiger partial charge in [-0.15, -0.1) is 12.4 Å². The third-order valence-corrected chi connectivity index (χ3v) is 3.39. The second kappa shape index (κ2) is 6.87. The van der Waals surface area contributed by atoms with E-state index in [1.165, 1.54) is 37.9 Å². The summed E-state index contributed by atoms with van der Waals surface area (Å²) < 4.78 is 0. The number of nitrogens with zero attached hydrogens (tertiary/aromatic N) is 1. The highest BCUT2D eigenvalue weighted by Crippen LogP contribution is 2.28. The molecule has 1 fully saturated rings. The molecule has 0 amide bonds. The molecule has 96 valence electrons. The third-order valence-electron chi connectivity index (χ3n) is 3.39. The monoisotopic (exact) mass is 255 g/mol. The maximum Gasteiger partial charge on any atom is 0.115 e. The highest BCUT2D eigenvalue weighted by molar-refractivity contribution is 5.85. The van der Waals surface area contributed by atoms with Gasteiger partial charge in [0.05, 0.1) is 0 Å². The van der Waals surface area contributed by atoms with Gasteiger partial charge >= 0.3 is 0 Å². The highest BCUT2D eigenvalue weighted by Gasteiger charge is 2.20. The van der Waals surface area contributed by atoms with E-state index in [-0.39, 0.29) is 12.4 Å². The molecule has 0 saturated carbocycles. The first-order chi connectivity index (χ1) is 7.79. The summed E-state index contributed by atoms with van der Waals surface area (Å²) in [6, 6.07) is 7.75. The van der Waals surface area contributed by atoms with Crippen LogP contribution in [0, 0.1) is 0 Å². The Balaban J connectivity index is 0.00000144. The van der Waals surface area contributed by atoms with Gasteiger partial charge in [-0.1, -0.05) is 19.1 Å². The molecule has 0 spiro atoms. The number of hydrogen-bond acceptors (Lipinski definition) is 2. The van der Waals surface area contributed by atoms with Gasteiger partial charge < -0.3 is 10.0 Å². The summed E-state index contributed by atoms with van der Waals surface area (Å²) in [6.07, 6.45) is 3.76. The van der Waals surface area contributed by atoms with Crippen LogP contribution < -0.4 is 0 Å². The van der Waals surface area contributed by atoms with Crippen LogP contribution in [0.1, 0.15) is 37.7 Å². The average Bonchev–Trinajstić information content (AvgIpc) is 2.30. The summed E-state index contributed by atoms with van der Waals surface area (Å²) in [5.74, 6) is 0.998.